The predicted octanol–water partition coefficient (Wildman–Crippen LogP) is 1.30. The molecule has 1 rings (SSSR count). The fraction of sp³-hybridized carbons (Fsp3) is 0.571. The first-order chi connectivity index (χ1) is 10.2. The van der Waals surface area contributed by atoms with Crippen molar-refractivity contribution in [2.45, 2.75) is 19.8 Å². The number of carbonyl (C=O) groups is 1. The number of carbonyl (C=O) groups excluding carboxylic acids is 1. The lowest BCUT2D eigenvalue weighted by Crippen LogP contribution is -2.35. The highest BCUT2D eigenvalue weighted by atomic mass is 16.5. The third-order valence-electron chi connectivity index (χ3n) is 2.77. The van der Waals surface area contributed by atoms with Crippen molar-refractivity contribution in [3.05, 3.63) is 18.1 Å². The zero-order chi connectivity index (χ0) is 15.5. The van der Waals surface area contributed by atoms with Crippen molar-refractivity contribution < 1.29 is 9.53 Å². The molecule has 0 atom stereocenters. The second kappa shape index (κ2) is 9.66. The van der Waals surface area contributed by atoms with E-state index in [4.69, 9.17) is 10.00 Å². The Kier molecular flexibility index (Phi) is 7.76. The molecule has 0 unspecified atom stereocenters. The molecule has 0 radical (unpaired) electrons. The summed E-state index contributed by atoms with van der Waals surface area (Å²) >= 11 is 0. The summed E-state index contributed by atoms with van der Waals surface area (Å²) in [5.41, 5.74) is 0.270. The van der Waals surface area contributed by atoms with E-state index >= 15 is 0 Å². The van der Waals surface area contributed by atoms with Crippen LogP contribution in [-0.2, 0) is 4.74 Å². The van der Waals surface area contributed by atoms with Crippen molar-refractivity contribution in [2.75, 3.05) is 38.7 Å². The minimum Gasteiger partial charge on any atom is -0.383 e. The zero-order valence-corrected chi connectivity index (χ0v) is 12.5. The molecule has 0 aliphatic heterocycles. The summed E-state index contributed by atoms with van der Waals surface area (Å²) in [4.78, 5) is 22.2. The van der Waals surface area contributed by atoms with E-state index in [9.17, 15) is 4.79 Å². The highest BCUT2D eigenvalue weighted by Crippen LogP contribution is 2.05. The van der Waals surface area contributed by atoms with Crippen LogP contribution in [0.2, 0.25) is 0 Å². The maximum atomic E-state index is 12.3. The first-order valence-electron chi connectivity index (χ1n) is 6.94. The van der Waals surface area contributed by atoms with Gasteiger partial charge in [0.15, 0.2) is 0 Å². The van der Waals surface area contributed by atoms with Crippen LogP contribution in [0.25, 0.3) is 0 Å². The maximum absolute atomic E-state index is 12.3. The summed E-state index contributed by atoms with van der Waals surface area (Å²) in [6, 6.07) is 2.03. The lowest BCUT2D eigenvalue weighted by atomic mass is 10.3. The molecule has 1 heterocycles. The smallest absolute Gasteiger partial charge is 0.274 e. The average Bonchev–Trinajstić information content (AvgIpc) is 2.53. The lowest BCUT2D eigenvalue weighted by Gasteiger charge is -2.20. The number of nitrogens with one attached hydrogen (secondary N) is 1. The van der Waals surface area contributed by atoms with Gasteiger partial charge in [-0.25, -0.2) is 9.97 Å². The number of ether oxygens (including phenoxy) is 1. The van der Waals surface area contributed by atoms with E-state index < -0.39 is 0 Å². The molecule has 7 nitrogen and oxygen atoms in total. The Labute approximate surface area is 124 Å². The Balaban J connectivity index is 2.70. The summed E-state index contributed by atoms with van der Waals surface area (Å²) in [5.74, 6) is 0.408. The minimum absolute atomic E-state index is 0.239. The monoisotopic (exact) mass is 291 g/mol. The molecule has 0 aliphatic carbocycles. The van der Waals surface area contributed by atoms with E-state index in [-0.39, 0.29) is 18.0 Å². The second-order valence-electron chi connectivity index (χ2n) is 4.41. The van der Waals surface area contributed by atoms with Crippen LogP contribution in [-0.4, -0.2) is 54.1 Å². The summed E-state index contributed by atoms with van der Waals surface area (Å²) in [6.07, 6.45) is 4.26. The van der Waals surface area contributed by atoms with Crippen molar-refractivity contribution in [3.63, 3.8) is 0 Å². The first kappa shape index (κ1) is 16.9. The quantitative estimate of drug-likeness (QED) is 0.737. The summed E-state index contributed by atoms with van der Waals surface area (Å²) in [5, 5.41) is 11.8. The largest absolute Gasteiger partial charge is 0.383 e. The summed E-state index contributed by atoms with van der Waals surface area (Å²) < 4.78 is 4.98. The highest BCUT2D eigenvalue weighted by Gasteiger charge is 2.17. The van der Waals surface area contributed by atoms with Crippen LogP contribution in [0.4, 0.5) is 5.82 Å². The van der Waals surface area contributed by atoms with Gasteiger partial charge in [-0.1, -0.05) is 6.92 Å². The van der Waals surface area contributed by atoms with Crippen LogP contribution in [0.1, 0.15) is 30.3 Å². The molecule has 0 spiro atoms. The average molecular weight is 291 g/mol. The van der Waals surface area contributed by atoms with E-state index in [1.807, 2.05) is 6.07 Å². The normalized spacial score (nSPS) is 9.95. The van der Waals surface area contributed by atoms with Crippen molar-refractivity contribution in [3.8, 4) is 6.07 Å². The van der Waals surface area contributed by atoms with Crippen LogP contribution in [0.5, 0.6) is 0 Å². The van der Waals surface area contributed by atoms with Gasteiger partial charge < -0.3 is 15.0 Å². The summed E-state index contributed by atoms with van der Waals surface area (Å²) in [7, 11) is 1.57. The topological polar surface area (TPSA) is 91.1 Å². The fourth-order valence-electron chi connectivity index (χ4n) is 1.65. The number of nitriles is 1. The molecule has 7 heteroatoms. The van der Waals surface area contributed by atoms with E-state index in [2.05, 4.69) is 22.2 Å². The Hall–Kier alpha value is -2.20. The molecule has 0 bridgehead atoms. The van der Waals surface area contributed by atoms with E-state index in [0.717, 1.165) is 13.0 Å². The molecule has 1 aromatic heterocycles. The Morgan fingerprint density at radius 2 is 2.24 bits per heavy atom. The van der Waals surface area contributed by atoms with Crippen LogP contribution in [0, 0.1) is 11.3 Å². The molecule has 0 saturated carbocycles. The Morgan fingerprint density at radius 1 is 1.43 bits per heavy atom. The number of rotatable bonds is 9. The molecule has 1 amide bonds. The highest BCUT2D eigenvalue weighted by molar-refractivity contribution is 5.92. The Morgan fingerprint density at radius 3 is 2.81 bits per heavy atom. The molecule has 21 heavy (non-hydrogen) atoms. The second-order valence-corrected chi connectivity index (χ2v) is 4.41. The van der Waals surface area contributed by atoms with Crippen molar-refractivity contribution in [2.24, 2.45) is 0 Å². The molecular weight excluding hydrogens is 270 g/mol. The van der Waals surface area contributed by atoms with Gasteiger partial charge in [-0.05, 0) is 6.42 Å². The van der Waals surface area contributed by atoms with Gasteiger partial charge in [-0.15, -0.1) is 0 Å². The number of nitrogens with zero attached hydrogens (tertiary/aromatic N) is 4. The molecule has 114 valence electrons. The van der Waals surface area contributed by atoms with Gasteiger partial charge in [-0.3, -0.25) is 4.79 Å². The van der Waals surface area contributed by atoms with E-state index in [1.165, 1.54) is 6.20 Å². The molecule has 0 aliphatic rings. The molecule has 1 aromatic rings. The fourth-order valence-corrected chi connectivity index (χ4v) is 1.65. The number of hydrogen-bond donors (Lipinski definition) is 1. The predicted molar refractivity (Wildman–Crippen MR) is 78.8 cm³/mol. The molecule has 0 saturated heterocycles. The third kappa shape index (κ3) is 5.75. The van der Waals surface area contributed by atoms with Crippen LogP contribution in [0.15, 0.2) is 12.4 Å². The number of amides is 1. The van der Waals surface area contributed by atoms with Crippen LogP contribution < -0.4 is 5.32 Å². The standard InChI is InChI=1S/C14H21N5O2/c1-3-6-16-13-11-17-12(10-18-13)14(20)19(7-4-5-15)8-9-21-2/h10-11H,3-4,6-9H2,1-2H3,(H,16,18). The molecule has 0 aromatic carbocycles. The Bertz CT molecular complexity index is 469. The van der Waals surface area contributed by atoms with Gasteiger partial charge in [0.1, 0.15) is 11.5 Å². The first-order valence-corrected chi connectivity index (χ1v) is 6.94. The summed E-state index contributed by atoms with van der Waals surface area (Å²) in [6.45, 7) is 4.07. The lowest BCUT2D eigenvalue weighted by molar-refractivity contribution is 0.0693. The number of methoxy groups -OCH3 is 1. The van der Waals surface area contributed by atoms with Gasteiger partial charge in [-0.2, -0.15) is 5.26 Å². The van der Waals surface area contributed by atoms with Crippen molar-refractivity contribution in [1.29, 1.82) is 5.26 Å². The third-order valence-corrected chi connectivity index (χ3v) is 2.77. The zero-order valence-electron chi connectivity index (χ0n) is 12.5. The molecule has 0 fully saturated rings. The van der Waals surface area contributed by atoms with E-state index in [0.29, 0.717) is 25.5 Å². The maximum Gasteiger partial charge on any atom is 0.274 e. The van der Waals surface area contributed by atoms with E-state index in [1.54, 1.807) is 18.2 Å². The number of hydrogen-bond acceptors (Lipinski definition) is 6. The van der Waals surface area contributed by atoms with Crippen LogP contribution in [0.3, 0.4) is 0 Å². The van der Waals surface area contributed by atoms with Gasteiger partial charge in [0.2, 0.25) is 0 Å². The molecular formula is C14H21N5O2. The van der Waals surface area contributed by atoms with Crippen molar-refractivity contribution in [1.82, 2.24) is 14.9 Å². The minimum atomic E-state index is -0.239. The van der Waals surface area contributed by atoms with Gasteiger partial charge in [0, 0.05) is 26.7 Å². The number of aromatic nitrogens is 2. The van der Waals surface area contributed by atoms with Gasteiger partial charge in [0.25, 0.3) is 5.91 Å². The van der Waals surface area contributed by atoms with Crippen LogP contribution >= 0.6 is 0 Å². The van der Waals surface area contributed by atoms with Crippen molar-refractivity contribution >= 4 is 11.7 Å². The van der Waals surface area contributed by atoms with Gasteiger partial charge >= 0.3 is 0 Å². The molecule has 1 N–H and O–H groups in total. The van der Waals surface area contributed by atoms with Gasteiger partial charge in [0.05, 0.1) is 31.5 Å². The SMILES string of the molecule is CCCNc1cnc(C(=O)N(CCC#N)CCOC)cn1. The number of anilines is 1.